The molecule has 0 radical (unpaired) electrons. The highest BCUT2D eigenvalue weighted by molar-refractivity contribution is 7.13. The smallest absolute Gasteiger partial charge is 0.330 e. The van der Waals surface area contributed by atoms with Crippen molar-refractivity contribution in [2.75, 3.05) is 7.11 Å². The minimum absolute atomic E-state index is 0.642. The van der Waals surface area contributed by atoms with Crippen LogP contribution >= 0.6 is 11.3 Å². The number of aliphatic imine (C=N–C) groups is 1. The number of rotatable bonds is 4. The molecule has 0 spiro atoms. The normalized spacial score (nSPS) is 11.4. The van der Waals surface area contributed by atoms with Gasteiger partial charge >= 0.3 is 5.97 Å². The summed E-state index contributed by atoms with van der Waals surface area (Å²) in [6, 6.07) is 7.30. The van der Waals surface area contributed by atoms with Crippen LogP contribution in [-0.4, -0.2) is 24.8 Å². The molecule has 0 aliphatic rings. The van der Waals surface area contributed by atoms with Gasteiger partial charge in [-0.15, -0.1) is 11.3 Å². The van der Waals surface area contributed by atoms with Crippen LogP contribution < -0.4 is 0 Å². The van der Waals surface area contributed by atoms with Crippen molar-refractivity contribution in [3.8, 4) is 12.1 Å². The molecular weight excluding hydrogens is 262 g/mol. The van der Waals surface area contributed by atoms with Gasteiger partial charge in [0.1, 0.15) is 12.1 Å². The minimum Gasteiger partial charge on any atom is -0.466 e. The molecule has 0 fully saturated rings. The van der Waals surface area contributed by atoms with E-state index < -0.39 is 11.5 Å². The third kappa shape index (κ3) is 4.06. The van der Waals surface area contributed by atoms with Crippen LogP contribution in [-0.2, 0) is 9.53 Å². The summed E-state index contributed by atoms with van der Waals surface area (Å²) in [5.74, 6) is -0.642. The fourth-order valence-electron chi connectivity index (χ4n) is 1.15. The Morgan fingerprint density at radius 1 is 1.47 bits per heavy atom. The van der Waals surface area contributed by atoms with Gasteiger partial charge in [0, 0.05) is 22.0 Å². The van der Waals surface area contributed by atoms with E-state index in [1.54, 1.807) is 12.1 Å². The van der Waals surface area contributed by atoms with Crippen molar-refractivity contribution in [3.05, 3.63) is 34.0 Å². The van der Waals surface area contributed by atoms with E-state index in [1.165, 1.54) is 24.7 Å². The number of carbonyl (C=O) groups is 1. The Bertz CT molecular complexity index is 588. The molecule has 19 heavy (non-hydrogen) atoms. The molecule has 0 aliphatic heterocycles. The second kappa shape index (κ2) is 6.48. The van der Waals surface area contributed by atoms with E-state index in [4.69, 9.17) is 10.5 Å². The van der Waals surface area contributed by atoms with Crippen LogP contribution in [0.1, 0.15) is 9.75 Å². The standard InChI is InChI=1S/C13H11N3O2S/c1-10-3-4-11(19-10)7-16-13(8-14,9-15)6-5-12(17)18-2/h3-7H,1-2H3/b6-5-,16-7?. The quantitative estimate of drug-likeness (QED) is 0.477. The SMILES string of the molecule is COC(=O)/C=C\C(C#N)(C#N)N=Cc1ccc(C)s1. The number of ether oxygens (including phenoxy) is 1. The Morgan fingerprint density at radius 2 is 2.16 bits per heavy atom. The Balaban J connectivity index is 2.98. The molecule has 1 heterocycles. The van der Waals surface area contributed by atoms with E-state index in [0.29, 0.717) is 0 Å². The second-order valence-electron chi connectivity index (χ2n) is 3.55. The fraction of sp³-hybridized carbons (Fsp3) is 0.231. The third-order valence-electron chi connectivity index (χ3n) is 2.16. The van der Waals surface area contributed by atoms with Crippen molar-refractivity contribution in [3.63, 3.8) is 0 Å². The van der Waals surface area contributed by atoms with Gasteiger partial charge in [0.15, 0.2) is 0 Å². The lowest BCUT2D eigenvalue weighted by Crippen LogP contribution is -2.19. The topological polar surface area (TPSA) is 86.2 Å². The Labute approximate surface area is 115 Å². The van der Waals surface area contributed by atoms with Gasteiger partial charge in [-0.05, 0) is 25.1 Å². The molecule has 0 amide bonds. The Hall–Kier alpha value is -2.44. The lowest BCUT2D eigenvalue weighted by Gasteiger charge is -2.06. The van der Waals surface area contributed by atoms with Gasteiger partial charge in [-0.2, -0.15) is 10.5 Å². The zero-order valence-electron chi connectivity index (χ0n) is 10.5. The average molecular weight is 273 g/mol. The zero-order valence-corrected chi connectivity index (χ0v) is 11.3. The van der Waals surface area contributed by atoms with Gasteiger partial charge in [-0.3, -0.25) is 4.99 Å². The van der Waals surface area contributed by atoms with Gasteiger partial charge in [-0.1, -0.05) is 0 Å². The molecule has 0 unspecified atom stereocenters. The minimum atomic E-state index is -1.72. The van der Waals surface area contributed by atoms with Crippen molar-refractivity contribution in [1.29, 1.82) is 10.5 Å². The average Bonchev–Trinajstić information content (AvgIpc) is 2.85. The van der Waals surface area contributed by atoms with Crippen molar-refractivity contribution in [2.24, 2.45) is 4.99 Å². The first-order valence-electron chi connectivity index (χ1n) is 5.26. The maximum absolute atomic E-state index is 11.0. The van der Waals surface area contributed by atoms with Gasteiger partial charge in [0.05, 0.1) is 7.11 Å². The summed E-state index contributed by atoms with van der Waals surface area (Å²) in [5, 5.41) is 18.1. The van der Waals surface area contributed by atoms with Crippen LogP contribution in [0.4, 0.5) is 0 Å². The van der Waals surface area contributed by atoms with E-state index in [0.717, 1.165) is 21.9 Å². The van der Waals surface area contributed by atoms with Crippen LogP contribution in [0.2, 0.25) is 0 Å². The van der Waals surface area contributed by atoms with E-state index >= 15 is 0 Å². The molecular formula is C13H11N3O2S. The van der Waals surface area contributed by atoms with Crippen LogP contribution in [0.3, 0.4) is 0 Å². The maximum atomic E-state index is 11.0. The number of methoxy groups -OCH3 is 1. The summed E-state index contributed by atoms with van der Waals surface area (Å²) < 4.78 is 4.41. The number of hydrogen-bond donors (Lipinski definition) is 0. The van der Waals surface area contributed by atoms with Crippen molar-refractivity contribution >= 4 is 23.5 Å². The summed E-state index contributed by atoms with van der Waals surface area (Å²) in [5.41, 5.74) is -1.72. The molecule has 0 aromatic carbocycles. The summed E-state index contributed by atoms with van der Waals surface area (Å²) in [7, 11) is 1.21. The van der Waals surface area contributed by atoms with E-state index in [2.05, 4.69) is 9.73 Å². The van der Waals surface area contributed by atoms with Crippen molar-refractivity contribution in [2.45, 2.75) is 12.5 Å². The molecule has 6 heteroatoms. The van der Waals surface area contributed by atoms with E-state index in [-0.39, 0.29) is 0 Å². The highest BCUT2D eigenvalue weighted by Gasteiger charge is 2.25. The molecule has 96 valence electrons. The molecule has 1 aromatic rings. The summed E-state index contributed by atoms with van der Waals surface area (Å²) in [6.07, 6.45) is 3.59. The predicted octanol–water partition coefficient (Wildman–Crippen LogP) is 1.99. The Kier molecular flexibility index (Phi) is 4.99. The summed E-state index contributed by atoms with van der Waals surface area (Å²) >= 11 is 1.49. The molecule has 0 atom stereocenters. The van der Waals surface area contributed by atoms with Crippen molar-refractivity contribution in [1.82, 2.24) is 0 Å². The van der Waals surface area contributed by atoms with Crippen LogP contribution in [0.25, 0.3) is 0 Å². The van der Waals surface area contributed by atoms with Crippen molar-refractivity contribution < 1.29 is 9.53 Å². The maximum Gasteiger partial charge on any atom is 0.330 e. The highest BCUT2D eigenvalue weighted by atomic mass is 32.1. The second-order valence-corrected chi connectivity index (χ2v) is 4.87. The lowest BCUT2D eigenvalue weighted by atomic mass is 10.0. The predicted molar refractivity (Wildman–Crippen MR) is 71.8 cm³/mol. The molecule has 1 rings (SSSR count). The first-order valence-corrected chi connectivity index (χ1v) is 6.08. The van der Waals surface area contributed by atoms with Crippen LogP contribution in [0.15, 0.2) is 29.3 Å². The first-order chi connectivity index (χ1) is 9.05. The van der Waals surface area contributed by atoms with Gasteiger partial charge in [-0.25, -0.2) is 4.79 Å². The third-order valence-corrected chi connectivity index (χ3v) is 3.09. The molecule has 5 nitrogen and oxygen atoms in total. The van der Waals surface area contributed by atoms with Gasteiger partial charge in [0.25, 0.3) is 5.54 Å². The van der Waals surface area contributed by atoms with E-state index in [9.17, 15) is 4.79 Å². The lowest BCUT2D eigenvalue weighted by molar-refractivity contribution is -0.134. The molecule has 0 N–H and O–H groups in total. The molecule has 0 saturated heterocycles. The molecule has 1 aromatic heterocycles. The fourth-order valence-corrected chi connectivity index (χ4v) is 1.89. The molecule has 0 aliphatic carbocycles. The number of nitriles is 2. The number of thiophene rings is 1. The number of carbonyl (C=O) groups excluding carboxylic acids is 1. The summed E-state index contributed by atoms with van der Waals surface area (Å²) in [6.45, 7) is 1.95. The number of nitrogens with zero attached hydrogens (tertiary/aromatic N) is 3. The largest absolute Gasteiger partial charge is 0.466 e. The molecule has 0 bridgehead atoms. The van der Waals surface area contributed by atoms with Gasteiger partial charge < -0.3 is 4.74 Å². The number of esters is 1. The summed E-state index contributed by atoms with van der Waals surface area (Å²) in [4.78, 5) is 16.9. The zero-order chi connectivity index (χ0) is 14.3. The number of hydrogen-bond acceptors (Lipinski definition) is 6. The van der Waals surface area contributed by atoms with E-state index in [1.807, 2.05) is 19.1 Å². The Morgan fingerprint density at radius 3 is 2.63 bits per heavy atom. The van der Waals surface area contributed by atoms with Gasteiger partial charge in [0.2, 0.25) is 0 Å². The monoisotopic (exact) mass is 273 g/mol. The first kappa shape index (κ1) is 14.6. The van der Waals surface area contributed by atoms with Crippen LogP contribution in [0, 0.1) is 29.6 Å². The van der Waals surface area contributed by atoms with Crippen LogP contribution in [0.5, 0.6) is 0 Å². The molecule has 0 saturated carbocycles. The highest BCUT2D eigenvalue weighted by Crippen LogP contribution is 2.16. The number of aryl methyl sites for hydroxylation is 1.